The van der Waals surface area contributed by atoms with Gasteiger partial charge in [-0.3, -0.25) is 4.21 Å². The van der Waals surface area contributed by atoms with Gasteiger partial charge in [-0.15, -0.1) is 0 Å². The number of hydrogen-bond acceptors (Lipinski definition) is 4. The van der Waals surface area contributed by atoms with Crippen LogP contribution in [0.3, 0.4) is 0 Å². The Balaban J connectivity index is 0.000000307. The molecule has 0 saturated carbocycles. The summed E-state index contributed by atoms with van der Waals surface area (Å²) < 4.78 is 11.9. The fraction of sp³-hybridized carbons (Fsp3) is 0.391. The molecule has 0 radical (unpaired) electrons. The number of nitrogens with zero attached hydrogens (tertiary/aromatic N) is 2. The number of benzene rings is 2. The largest absolute Gasteiger partial charge is 0.324 e. The first-order valence-electron chi connectivity index (χ1n) is 9.24. The average molecular weight is 396 g/mol. The second-order valence-electron chi connectivity index (χ2n) is 7.71. The number of nitriles is 2. The summed E-state index contributed by atoms with van der Waals surface area (Å²) in [6.45, 7) is 9.83. The maximum Gasteiger partial charge on any atom is 0.0995 e. The van der Waals surface area contributed by atoms with E-state index in [0.29, 0.717) is 16.9 Å². The zero-order chi connectivity index (χ0) is 21.3. The Labute approximate surface area is 171 Å². The third-order valence-corrected chi connectivity index (χ3v) is 6.44. The number of rotatable bonds is 4. The molecule has 0 heterocycles. The Kier molecular flexibility index (Phi) is 9.06. The molecule has 28 heavy (non-hydrogen) atoms. The van der Waals surface area contributed by atoms with Gasteiger partial charge in [-0.25, -0.2) is 0 Å². The molecule has 5 heteroatoms. The molecule has 0 aliphatic heterocycles. The summed E-state index contributed by atoms with van der Waals surface area (Å²) in [5, 5.41) is 17.7. The zero-order valence-electron chi connectivity index (χ0n) is 17.3. The first-order valence-corrected chi connectivity index (χ1v) is 10.6. The lowest BCUT2D eigenvalue weighted by Gasteiger charge is -2.21. The van der Waals surface area contributed by atoms with Crippen molar-refractivity contribution in [3.63, 3.8) is 0 Å². The molecule has 2 unspecified atom stereocenters. The molecule has 0 aromatic heterocycles. The Bertz CT molecular complexity index is 886. The minimum atomic E-state index is -0.888. The first kappa shape index (κ1) is 23.6. The van der Waals surface area contributed by atoms with Gasteiger partial charge in [-0.05, 0) is 56.9 Å². The normalized spacial score (nSPS) is 13.9. The van der Waals surface area contributed by atoms with Crippen LogP contribution in [0.2, 0.25) is 0 Å². The molecule has 2 rings (SSSR count). The van der Waals surface area contributed by atoms with Crippen LogP contribution in [0, 0.1) is 22.7 Å². The van der Waals surface area contributed by atoms with Crippen molar-refractivity contribution in [3.05, 3.63) is 70.8 Å². The molecule has 2 aromatic rings. The summed E-state index contributed by atoms with van der Waals surface area (Å²) in [5.41, 5.74) is 8.90. The molecule has 0 spiro atoms. The molecule has 0 saturated heterocycles. The van der Waals surface area contributed by atoms with Crippen LogP contribution in [0.25, 0.3) is 0 Å². The summed E-state index contributed by atoms with van der Waals surface area (Å²) in [7, 11) is -0.888. The molecule has 4 nitrogen and oxygen atoms in total. The number of hydrogen-bond donors (Lipinski definition) is 1. The van der Waals surface area contributed by atoms with Crippen molar-refractivity contribution in [1.29, 1.82) is 10.5 Å². The molecular weight excluding hydrogens is 366 g/mol. The summed E-state index contributed by atoms with van der Waals surface area (Å²) in [4.78, 5) is 0. The maximum atomic E-state index is 12.1. The predicted octanol–water partition coefficient (Wildman–Crippen LogP) is 4.79. The fourth-order valence-corrected chi connectivity index (χ4v) is 3.72. The van der Waals surface area contributed by atoms with Crippen LogP contribution in [0.4, 0.5) is 0 Å². The predicted molar refractivity (Wildman–Crippen MR) is 116 cm³/mol. The topological polar surface area (TPSA) is 90.7 Å². The van der Waals surface area contributed by atoms with Gasteiger partial charge in [0.2, 0.25) is 0 Å². The highest BCUT2D eigenvalue weighted by atomic mass is 32.2. The van der Waals surface area contributed by atoms with E-state index in [1.165, 1.54) is 0 Å². The summed E-state index contributed by atoms with van der Waals surface area (Å²) in [6.07, 6.45) is 0. The highest BCUT2D eigenvalue weighted by Gasteiger charge is 2.22. The van der Waals surface area contributed by atoms with Crippen molar-refractivity contribution in [2.45, 2.75) is 51.3 Å². The van der Waals surface area contributed by atoms with E-state index in [4.69, 9.17) is 16.3 Å². The Morgan fingerprint density at radius 2 is 1.36 bits per heavy atom. The lowest BCUT2D eigenvalue weighted by atomic mass is 9.98. The monoisotopic (exact) mass is 395 g/mol. The van der Waals surface area contributed by atoms with E-state index in [-0.39, 0.29) is 16.7 Å². The third kappa shape index (κ3) is 6.93. The summed E-state index contributed by atoms with van der Waals surface area (Å²) in [6, 6.07) is 19.1. The average Bonchev–Trinajstić information content (AvgIpc) is 2.67. The van der Waals surface area contributed by atoms with Gasteiger partial charge in [0.25, 0.3) is 0 Å². The van der Waals surface area contributed by atoms with E-state index in [1.54, 1.807) is 6.07 Å². The molecule has 148 valence electrons. The van der Waals surface area contributed by atoms with Crippen molar-refractivity contribution in [2.24, 2.45) is 5.73 Å². The van der Waals surface area contributed by atoms with Gasteiger partial charge in [0, 0.05) is 27.3 Å². The van der Waals surface area contributed by atoms with Crippen molar-refractivity contribution >= 4 is 10.8 Å². The van der Waals surface area contributed by atoms with Crippen LogP contribution in [-0.4, -0.2) is 14.7 Å². The Hall–Kier alpha value is -2.47. The van der Waals surface area contributed by atoms with Crippen molar-refractivity contribution in [1.82, 2.24) is 0 Å². The van der Waals surface area contributed by atoms with E-state index < -0.39 is 10.8 Å². The van der Waals surface area contributed by atoms with Gasteiger partial charge in [0.15, 0.2) is 0 Å². The fourth-order valence-electron chi connectivity index (χ4n) is 2.59. The van der Waals surface area contributed by atoms with Crippen LogP contribution < -0.4 is 5.73 Å². The molecule has 3 atom stereocenters. The molecule has 2 aromatic carbocycles. The van der Waals surface area contributed by atoms with E-state index in [9.17, 15) is 4.21 Å². The van der Waals surface area contributed by atoms with E-state index in [0.717, 1.165) is 11.1 Å². The molecule has 0 aliphatic rings. The molecule has 0 aliphatic carbocycles. The minimum absolute atomic E-state index is 0.0640. The van der Waals surface area contributed by atoms with Crippen LogP contribution in [0.15, 0.2) is 48.5 Å². The smallest absolute Gasteiger partial charge is 0.0995 e. The lowest BCUT2D eigenvalue weighted by molar-refractivity contribution is 0.642. The zero-order valence-corrected chi connectivity index (χ0v) is 18.1. The molecule has 0 bridgehead atoms. The van der Waals surface area contributed by atoms with Crippen molar-refractivity contribution in [2.75, 3.05) is 5.75 Å². The SMILES string of the molecule is CC(C[S@@](=O)C(C)(C)C)c1ccccc1C#N.CC(N)c1ccccc1C#N. The van der Waals surface area contributed by atoms with Gasteiger partial charge in [-0.1, -0.05) is 43.3 Å². The van der Waals surface area contributed by atoms with Crippen LogP contribution >= 0.6 is 0 Å². The minimum Gasteiger partial charge on any atom is -0.324 e. The molecule has 2 N–H and O–H groups in total. The van der Waals surface area contributed by atoms with Crippen LogP contribution in [-0.2, 0) is 10.8 Å². The van der Waals surface area contributed by atoms with Gasteiger partial charge in [-0.2, -0.15) is 10.5 Å². The second kappa shape index (κ2) is 10.8. The Morgan fingerprint density at radius 3 is 1.75 bits per heavy atom. The van der Waals surface area contributed by atoms with Crippen LogP contribution in [0.5, 0.6) is 0 Å². The maximum absolute atomic E-state index is 12.1. The quantitative estimate of drug-likeness (QED) is 0.806. The van der Waals surface area contributed by atoms with Crippen molar-refractivity contribution in [3.8, 4) is 12.1 Å². The first-order chi connectivity index (χ1) is 13.1. The van der Waals surface area contributed by atoms with Gasteiger partial charge in [0.05, 0.1) is 23.3 Å². The van der Waals surface area contributed by atoms with Crippen LogP contribution in [0.1, 0.15) is 68.8 Å². The van der Waals surface area contributed by atoms with Crippen molar-refractivity contribution < 1.29 is 4.21 Å². The summed E-state index contributed by atoms with van der Waals surface area (Å²) in [5.74, 6) is 0.744. The van der Waals surface area contributed by atoms with E-state index in [1.807, 2.05) is 77.1 Å². The standard InChI is InChI=1S/C14H19NOS.C9H10N2/c1-11(10-17(16)14(2,3)4)13-8-6-5-7-12(13)9-15;1-7(11)9-5-3-2-4-8(9)6-10/h5-8,11H,10H2,1-4H3;2-5,7H,11H2,1H3/t11?,17-;/m1./s1. The highest BCUT2D eigenvalue weighted by molar-refractivity contribution is 7.86. The third-order valence-electron chi connectivity index (χ3n) is 4.27. The lowest BCUT2D eigenvalue weighted by Crippen LogP contribution is -2.26. The molecule has 0 amide bonds. The second-order valence-corrected chi connectivity index (χ2v) is 9.96. The number of nitrogens with two attached hydrogens (primary N) is 1. The van der Waals surface area contributed by atoms with Gasteiger partial charge >= 0.3 is 0 Å². The van der Waals surface area contributed by atoms with Gasteiger partial charge in [0.1, 0.15) is 0 Å². The summed E-state index contributed by atoms with van der Waals surface area (Å²) >= 11 is 0. The van der Waals surface area contributed by atoms with E-state index in [2.05, 4.69) is 12.1 Å². The molecular formula is C23H29N3OS. The molecule has 0 fully saturated rings. The highest BCUT2D eigenvalue weighted by Crippen LogP contribution is 2.23. The Morgan fingerprint density at radius 1 is 0.929 bits per heavy atom. The van der Waals surface area contributed by atoms with Gasteiger partial charge < -0.3 is 5.73 Å². The van der Waals surface area contributed by atoms with E-state index >= 15 is 0 Å².